The highest BCUT2D eigenvalue weighted by molar-refractivity contribution is 7.11. The molecule has 0 aliphatic rings. The number of halogens is 2. The molecule has 0 aliphatic heterocycles. The molecule has 0 fully saturated rings. The van der Waals surface area contributed by atoms with Crippen LogP contribution in [-0.4, -0.2) is 11.5 Å². The maximum absolute atomic E-state index is 13.9. The van der Waals surface area contributed by atoms with E-state index in [2.05, 4.69) is 24.1 Å². The molecule has 1 N–H and O–H groups in total. The minimum absolute atomic E-state index is 0.166. The average Bonchev–Trinajstić information content (AvgIpc) is 2.75. The molecule has 1 aromatic heterocycles. The first-order chi connectivity index (χ1) is 9.97. The fourth-order valence-electron chi connectivity index (χ4n) is 2.05. The quantitative estimate of drug-likeness (QED) is 0.840. The standard InChI is InChI=1S/C16H20ClFN2S/c1-10(2)8-19-9-14-11(3)20-15(21-14)7-12-5-4-6-13(17)16(12)18/h4-6,10,19H,7-9H2,1-3H3. The minimum Gasteiger partial charge on any atom is -0.312 e. The van der Waals surface area contributed by atoms with Gasteiger partial charge in [0.15, 0.2) is 0 Å². The van der Waals surface area contributed by atoms with Gasteiger partial charge in [-0.3, -0.25) is 0 Å². The van der Waals surface area contributed by atoms with Gasteiger partial charge in [-0.2, -0.15) is 0 Å². The summed E-state index contributed by atoms with van der Waals surface area (Å²) in [6, 6.07) is 5.09. The highest BCUT2D eigenvalue weighted by Gasteiger charge is 2.12. The van der Waals surface area contributed by atoms with Gasteiger partial charge in [-0.05, 0) is 31.0 Å². The zero-order valence-electron chi connectivity index (χ0n) is 12.5. The summed E-state index contributed by atoms with van der Waals surface area (Å²) in [5, 5.41) is 4.51. The summed E-state index contributed by atoms with van der Waals surface area (Å²) in [4.78, 5) is 5.76. The van der Waals surface area contributed by atoms with Gasteiger partial charge in [-0.15, -0.1) is 11.3 Å². The molecule has 0 unspecified atom stereocenters. The maximum atomic E-state index is 13.9. The van der Waals surface area contributed by atoms with Crippen molar-refractivity contribution >= 4 is 22.9 Å². The van der Waals surface area contributed by atoms with Crippen LogP contribution in [0.3, 0.4) is 0 Å². The van der Waals surface area contributed by atoms with Crippen LogP contribution in [0.5, 0.6) is 0 Å². The van der Waals surface area contributed by atoms with Crippen molar-refractivity contribution < 1.29 is 4.39 Å². The summed E-state index contributed by atoms with van der Waals surface area (Å²) in [5.41, 5.74) is 1.62. The molecule has 0 atom stereocenters. The highest BCUT2D eigenvalue weighted by atomic mass is 35.5. The largest absolute Gasteiger partial charge is 0.312 e. The van der Waals surface area contributed by atoms with Crippen LogP contribution in [0.4, 0.5) is 4.39 Å². The molecule has 2 rings (SSSR count). The normalized spacial score (nSPS) is 11.3. The van der Waals surface area contributed by atoms with Crippen molar-refractivity contribution in [3.05, 3.63) is 50.2 Å². The Balaban J connectivity index is 2.06. The van der Waals surface area contributed by atoms with E-state index in [-0.39, 0.29) is 10.8 Å². The lowest BCUT2D eigenvalue weighted by Gasteiger charge is -2.05. The van der Waals surface area contributed by atoms with Gasteiger partial charge in [0, 0.05) is 17.8 Å². The fraction of sp³-hybridized carbons (Fsp3) is 0.438. The number of aromatic nitrogens is 1. The predicted octanol–water partition coefficient (Wildman–Crippen LogP) is 4.58. The number of hydrogen-bond donors (Lipinski definition) is 1. The van der Waals surface area contributed by atoms with E-state index in [1.165, 1.54) is 4.88 Å². The zero-order valence-corrected chi connectivity index (χ0v) is 14.1. The van der Waals surface area contributed by atoms with Crippen molar-refractivity contribution in [2.45, 2.75) is 33.7 Å². The zero-order chi connectivity index (χ0) is 15.4. The summed E-state index contributed by atoms with van der Waals surface area (Å²) in [6.07, 6.45) is 0.488. The smallest absolute Gasteiger partial charge is 0.145 e. The third kappa shape index (κ3) is 4.50. The molecule has 1 heterocycles. The van der Waals surface area contributed by atoms with Crippen LogP contribution in [0.1, 0.15) is 35.0 Å². The Morgan fingerprint density at radius 1 is 1.38 bits per heavy atom. The topological polar surface area (TPSA) is 24.9 Å². The molecule has 0 saturated heterocycles. The van der Waals surface area contributed by atoms with Crippen molar-refractivity contribution in [3.63, 3.8) is 0 Å². The van der Waals surface area contributed by atoms with Crippen molar-refractivity contribution in [2.75, 3.05) is 6.54 Å². The van der Waals surface area contributed by atoms with Gasteiger partial charge in [0.25, 0.3) is 0 Å². The Bertz CT molecular complexity index is 610. The highest BCUT2D eigenvalue weighted by Crippen LogP contribution is 2.24. The summed E-state index contributed by atoms with van der Waals surface area (Å²) in [7, 11) is 0. The third-order valence-corrected chi connectivity index (χ3v) is 4.60. The van der Waals surface area contributed by atoms with E-state index in [1.807, 2.05) is 6.92 Å². The number of rotatable bonds is 6. The lowest BCUT2D eigenvalue weighted by molar-refractivity contribution is 0.554. The first kappa shape index (κ1) is 16.4. The summed E-state index contributed by atoms with van der Waals surface area (Å²) in [6.45, 7) is 8.16. The van der Waals surface area contributed by atoms with Crippen LogP contribution in [0, 0.1) is 18.7 Å². The van der Waals surface area contributed by atoms with Gasteiger partial charge < -0.3 is 5.32 Å². The Morgan fingerprint density at radius 2 is 2.14 bits per heavy atom. The first-order valence-electron chi connectivity index (χ1n) is 7.06. The first-order valence-corrected chi connectivity index (χ1v) is 8.25. The Kier molecular flexibility index (Phi) is 5.73. The van der Waals surface area contributed by atoms with Crippen molar-refractivity contribution in [1.29, 1.82) is 0 Å². The Hall–Kier alpha value is -0.970. The van der Waals surface area contributed by atoms with Crippen LogP contribution in [-0.2, 0) is 13.0 Å². The summed E-state index contributed by atoms with van der Waals surface area (Å²) < 4.78 is 13.9. The number of hydrogen-bond acceptors (Lipinski definition) is 3. The monoisotopic (exact) mass is 326 g/mol. The average molecular weight is 327 g/mol. The maximum Gasteiger partial charge on any atom is 0.145 e. The van der Waals surface area contributed by atoms with Gasteiger partial charge >= 0.3 is 0 Å². The van der Waals surface area contributed by atoms with Crippen molar-refractivity contribution in [3.8, 4) is 0 Å². The number of aryl methyl sites for hydroxylation is 1. The Morgan fingerprint density at radius 3 is 2.86 bits per heavy atom. The van der Waals surface area contributed by atoms with Crippen molar-refractivity contribution in [1.82, 2.24) is 10.3 Å². The lowest BCUT2D eigenvalue weighted by atomic mass is 10.1. The molecule has 0 aliphatic carbocycles. The second-order valence-electron chi connectivity index (χ2n) is 5.53. The van der Waals surface area contributed by atoms with E-state index in [4.69, 9.17) is 11.6 Å². The molecule has 0 spiro atoms. The van der Waals surface area contributed by atoms with Gasteiger partial charge in [0.2, 0.25) is 0 Å². The molecular formula is C16H20ClFN2S. The molecule has 21 heavy (non-hydrogen) atoms. The van der Waals surface area contributed by atoms with Crippen LogP contribution >= 0.6 is 22.9 Å². The van der Waals surface area contributed by atoms with Gasteiger partial charge in [0.1, 0.15) is 5.82 Å². The van der Waals surface area contributed by atoms with E-state index in [0.29, 0.717) is 17.9 Å². The molecule has 1 aromatic carbocycles. The Labute approximate surface area is 134 Å². The van der Waals surface area contributed by atoms with E-state index < -0.39 is 0 Å². The second kappa shape index (κ2) is 7.34. The molecule has 2 aromatic rings. The van der Waals surface area contributed by atoms with E-state index in [9.17, 15) is 4.39 Å². The molecule has 0 radical (unpaired) electrons. The van der Waals surface area contributed by atoms with E-state index in [1.54, 1.807) is 29.5 Å². The lowest BCUT2D eigenvalue weighted by Crippen LogP contribution is -2.18. The van der Waals surface area contributed by atoms with E-state index >= 15 is 0 Å². The van der Waals surface area contributed by atoms with Crippen LogP contribution in [0.2, 0.25) is 5.02 Å². The molecular weight excluding hydrogens is 307 g/mol. The molecule has 0 amide bonds. The molecule has 114 valence electrons. The SMILES string of the molecule is Cc1nc(Cc2cccc(Cl)c2F)sc1CNCC(C)C. The van der Waals surface area contributed by atoms with Gasteiger partial charge in [-0.25, -0.2) is 9.37 Å². The van der Waals surface area contributed by atoms with Crippen LogP contribution < -0.4 is 5.32 Å². The second-order valence-corrected chi connectivity index (χ2v) is 7.11. The molecule has 0 saturated carbocycles. The van der Waals surface area contributed by atoms with Crippen LogP contribution in [0.25, 0.3) is 0 Å². The number of thiazole rings is 1. The third-order valence-electron chi connectivity index (χ3n) is 3.15. The van der Waals surface area contributed by atoms with Crippen molar-refractivity contribution in [2.24, 2.45) is 5.92 Å². The summed E-state index contributed by atoms with van der Waals surface area (Å²) >= 11 is 7.45. The molecule has 5 heteroatoms. The predicted molar refractivity (Wildman–Crippen MR) is 87.6 cm³/mol. The van der Waals surface area contributed by atoms with E-state index in [0.717, 1.165) is 23.8 Å². The minimum atomic E-state index is -0.341. The fourth-order valence-corrected chi connectivity index (χ4v) is 3.31. The molecule has 0 bridgehead atoms. The van der Waals surface area contributed by atoms with Gasteiger partial charge in [-0.1, -0.05) is 37.6 Å². The summed E-state index contributed by atoms with van der Waals surface area (Å²) in [5.74, 6) is 0.282. The van der Waals surface area contributed by atoms with Gasteiger partial charge in [0.05, 0.1) is 15.7 Å². The number of nitrogens with zero attached hydrogens (tertiary/aromatic N) is 1. The molecule has 2 nitrogen and oxygen atoms in total. The van der Waals surface area contributed by atoms with Crippen LogP contribution in [0.15, 0.2) is 18.2 Å². The number of benzene rings is 1. The number of nitrogens with one attached hydrogen (secondary N) is 1.